The van der Waals surface area contributed by atoms with Crippen LogP contribution in [-0.4, -0.2) is 27.7 Å². The number of benzene rings is 1. The Kier molecular flexibility index (Phi) is 4.07. The van der Waals surface area contributed by atoms with Crippen LogP contribution < -0.4 is 5.76 Å². The van der Waals surface area contributed by atoms with Gasteiger partial charge in [0.15, 0.2) is 5.82 Å². The second-order valence-corrected chi connectivity index (χ2v) is 5.54. The van der Waals surface area contributed by atoms with Crippen LogP contribution in [-0.2, 0) is 13.1 Å². The van der Waals surface area contributed by atoms with E-state index in [4.69, 9.17) is 16.1 Å². The second kappa shape index (κ2) is 5.99. The summed E-state index contributed by atoms with van der Waals surface area (Å²) in [5.74, 6) is -0.535. The van der Waals surface area contributed by atoms with Gasteiger partial charge in [0.2, 0.25) is 0 Å². The normalized spacial score (nSPS) is 15.7. The van der Waals surface area contributed by atoms with Gasteiger partial charge in [0.05, 0.1) is 13.1 Å². The summed E-state index contributed by atoms with van der Waals surface area (Å²) >= 11 is 6.00. The van der Waals surface area contributed by atoms with Gasteiger partial charge in [-0.15, -0.1) is 0 Å². The topological polar surface area (TPSA) is 51.3 Å². The summed E-state index contributed by atoms with van der Waals surface area (Å²) in [6.07, 6.45) is 2.28. The fourth-order valence-electron chi connectivity index (χ4n) is 2.55. The molecule has 1 aliphatic heterocycles. The number of hydrogen-bond acceptors (Lipinski definition) is 4. The van der Waals surface area contributed by atoms with Gasteiger partial charge < -0.3 is 0 Å². The number of aromatic nitrogens is 2. The molecule has 0 atom stereocenters. The minimum atomic E-state index is -0.594. The molecule has 1 aromatic heterocycles. The van der Waals surface area contributed by atoms with E-state index in [-0.39, 0.29) is 17.1 Å². The van der Waals surface area contributed by atoms with E-state index in [1.54, 1.807) is 6.07 Å². The lowest BCUT2D eigenvalue weighted by Crippen LogP contribution is -2.25. The zero-order valence-corrected chi connectivity index (χ0v) is 12.1. The monoisotopic (exact) mass is 311 g/mol. The third kappa shape index (κ3) is 3.01. The molecule has 21 heavy (non-hydrogen) atoms. The van der Waals surface area contributed by atoms with Crippen molar-refractivity contribution in [3.8, 4) is 0 Å². The molecule has 2 heterocycles. The number of hydrogen-bond donors (Lipinski definition) is 0. The van der Waals surface area contributed by atoms with Crippen molar-refractivity contribution in [2.24, 2.45) is 0 Å². The van der Waals surface area contributed by atoms with E-state index in [9.17, 15) is 9.18 Å². The van der Waals surface area contributed by atoms with Crippen LogP contribution in [0.2, 0.25) is 5.02 Å². The Labute approximate surface area is 125 Å². The summed E-state index contributed by atoms with van der Waals surface area (Å²) in [5.41, 5.74) is 0.270. The van der Waals surface area contributed by atoms with Crippen LogP contribution in [0.1, 0.15) is 24.2 Å². The average Bonchev–Trinajstić information content (AvgIpc) is 3.07. The Balaban J connectivity index is 1.88. The molecule has 0 bridgehead atoms. The number of nitrogens with zero attached hydrogens (tertiary/aromatic N) is 3. The maximum atomic E-state index is 13.8. The first-order valence-electron chi connectivity index (χ1n) is 6.86. The molecule has 112 valence electrons. The molecule has 0 saturated carbocycles. The molecule has 1 saturated heterocycles. The molecular formula is C14H15ClFN3O2. The molecule has 1 aromatic carbocycles. The molecule has 3 rings (SSSR count). The Bertz CT molecular complexity index is 672. The molecule has 0 spiro atoms. The van der Waals surface area contributed by atoms with Gasteiger partial charge in [0, 0.05) is 10.6 Å². The zero-order valence-electron chi connectivity index (χ0n) is 11.4. The minimum absolute atomic E-state index is 0.0248. The maximum Gasteiger partial charge on any atom is 0.441 e. The van der Waals surface area contributed by atoms with E-state index in [2.05, 4.69) is 10.1 Å². The highest BCUT2D eigenvalue weighted by molar-refractivity contribution is 6.31. The smallest absolute Gasteiger partial charge is 0.296 e. The Morgan fingerprint density at radius 2 is 2.05 bits per heavy atom. The van der Waals surface area contributed by atoms with Crippen LogP contribution in [0.5, 0.6) is 0 Å². The summed E-state index contributed by atoms with van der Waals surface area (Å²) in [4.78, 5) is 14.0. The fraction of sp³-hybridized carbons (Fsp3) is 0.429. The lowest BCUT2D eigenvalue weighted by atomic mass is 10.2. The predicted octanol–water partition coefficient (Wildman–Crippen LogP) is 2.27. The van der Waals surface area contributed by atoms with Gasteiger partial charge in [-0.2, -0.15) is 0 Å². The molecule has 0 unspecified atom stereocenters. The van der Waals surface area contributed by atoms with Crippen LogP contribution in [0, 0.1) is 5.82 Å². The van der Waals surface area contributed by atoms with Crippen molar-refractivity contribution in [3.05, 3.63) is 51.0 Å². The zero-order chi connectivity index (χ0) is 14.8. The highest BCUT2D eigenvalue weighted by atomic mass is 35.5. The van der Waals surface area contributed by atoms with E-state index in [1.807, 2.05) is 0 Å². The van der Waals surface area contributed by atoms with E-state index >= 15 is 0 Å². The van der Waals surface area contributed by atoms with Crippen LogP contribution in [0.3, 0.4) is 0 Å². The minimum Gasteiger partial charge on any atom is -0.296 e. The summed E-state index contributed by atoms with van der Waals surface area (Å²) in [6.45, 7) is 2.50. The van der Waals surface area contributed by atoms with E-state index in [0.29, 0.717) is 12.4 Å². The van der Waals surface area contributed by atoms with E-state index < -0.39 is 11.6 Å². The van der Waals surface area contributed by atoms with Gasteiger partial charge in [0.1, 0.15) is 5.82 Å². The third-order valence-corrected chi connectivity index (χ3v) is 4.06. The SMILES string of the molecule is O=c1onc(CN2CCCC2)n1Cc1c(F)cccc1Cl. The molecule has 0 N–H and O–H groups in total. The van der Waals surface area contributed by atoms with Crippen LogP contribution in [0.15, 0.2) is 27.5 Å². The van der Waals surface area contributed by atoms with Crippen molar-refractivity contribution < 1.29 is 8.91 Å². The molecule has 0 radical (unpaired) electrons. The first kappa shape index (κ1) is 14.3. The molecule has 1 fully saturated rings. The largest absolute Gasteiger partial charge is 0.441 e. The number of rotatable bonds is 4. The number of halogens is 2. The standard InChI is InChI=1S/C14H15ClFN3O2/c15-11-4-3-5-12(16)10(11)8-19-13(17-21-14(19)20)9-18-6-1-2-7-18/h3-5H,1-2,6-9H2. The van der Waals surface area contributed by atoms with Crippen LogP contribution in [0.25, 0.3) is 0 Å². The molecule has 2 aromatic rings. The highest BCUT2D eigenvalue weighted by Gasteiger charge is 2.19. The van der Waals surface area contributed by atoms with Gasteiger partial charge >= 0.3 is 5.76 Å². The van der Waals surface area contributed by atoms with Gasteiger partial charge in [-0.3, -0.25) is 14.0 Å². The maximum absolute atomic E-state index is 13.8. The van der Waals surface area contributed by atoms with Crippen molar-refractivity contribution in [3.63, 3.8) is 0 Å². The highest BCUT2D eigenvalue weighted by Crippen LogP contribution is 2.20. The van der Waals surface area contributed by atoms with Gasteiger partial charge in [0.25, 0.3) is 0 Å². The molecule has 5 nitrogen and oxygen atoms in total. The predicted molar refractivity (Wildman–Crippen MR) is 75.8 cm³/mol. The lowest BCUT2D eigenvalue weighted by Gasteiger charge is -2.14. The molecular weight excluding hydrogens is 297 g/mol. The summed E-state index contributed by atoms with van der Waals surface area (Å²) < 4.78 is 19.9. The van der Waals surface area contributed by atoms with E-state index in [1.165, 1.54) is 16.7 Å². The van der Waals surface area contributed by atoms with Crippen molar-refractivity contribution in [2.45, 2.75) is 25.9 Å². The Morgan fingerprint density at radius 1 is 1.29 bits per heavy atom. The summed E-state index contributed by atoms with van der Waals surface area (Å²) in [6, 6.07) is 4.45. The third-order valence-electron chi connectivity index (χ3n) is 3.70. The van der Waals surface area contributed by atoms with Crippen molar-refractivity contribution >= 4 is 11.6 Å². The van der Waals surface area contributed by atoms with Crippen LogP contribution in [0.4, 0.5) is 4.39 Å². The Morgan fingerprint density at radius 3 is 2.76 bits per heavy atom. The second-order valence-electron chi connectivity index (χ2n) is 5.13. The molecule has 0 aliphatic carbocycles. The van der Waals surface area contributed by atoms with Crippen molar-refractivity contribution in [1.82, 2.24) is 14.6 Å². The first-order chi connectivity index (χ1) is 10.1. The quantitative estimate of drug-likeness (QED) is 0.869. The molecule has 1 aliphatic rings. The first-order valence-corrected chi connectivity index (χ1v) is 7.23. The van der Waals surface area contributed by atoms with Gasteiger partial charge in [-0.05, 0) is 38.1 Å². The van der Waals surface area contributed by atoms with E-state index in [0.717, 1.165) is 25.9 Å². The summed E-state index contributed by atoms with van der Waals surface area (Å²) in [7, 11) is 0. The average molecular weight is 312 g/mol. The van der Waals surface area contributed by atoms with Gasteiger partial charge in [-0.1, -0.05) is 22.8 Å². The van der Waals surface area contributed by atoms with Crippen molar-refractivity contribution in [2.75, 3.05) is 13.1 Å². The van der Waals surface area contributed by atoms with Crippen molar-refractivity contribution in [1.29, 1.82) is 0 Å². The van der Waals surface area contributed by atoms with Crippen LogP contribution >= 0.6 is 11.6 Å². The lowest BCUT2D eigenvalue weighted by molar-refractivity contribution is 0.308. The fourth-order valence-corrected chi connectivity index (χ4v) is 2.77. The Hall–Kier alpha value is -1.66. The molecule has 7 heteroatoms. The number of likely N-dealkylation sites (tertiary alicyclic amines) is 1. The molecule has 0 amide bonds. The summed E-state index contributed by atoms with van der Waals surface area (Å²) in [5, 5.41) is 4.09. The van der Waals surface area contributed by atoms with Gasteiger partial charge in [-0.25, -0.2) is 9.18 Å².